The van der Waals surface area contributed by atoms with E-state index in [0.717, 1.165) is 5.56 Å². The number of carboxylic acids is 1. The summed E-state index contributed by atoms with van der Waals surface area (Å²) in [7, 11) is -4.10. The van der Waals surface area contributed by atoms with E-state index in [4.69, 9.17) is 9.15 Å². The molecule has 10 heteroatoms. The van der Waals surface area contributed by atoms with E-state index < -0.39 is 34.0 Å². The fourth-order valence-corrected chi connectivity index (χ4v) is 4.94. The fraction of sp³-hybridized carbons (Fsp3) is 0.200. The third-order valence-corrected chi connectivity index (χ3v) is 6.87. The second kappa shape index (κ2) is 9.77. The van der Waals surface area contributed by atoms with Crippen LogP contribution in [0.2, 0.25) is 0 Å². The summed E-state index contributed by atoms with van der Waals surface area (Å²) < 4.78 is 38.8. The van der Waals surface area contributed by atoms with Gasteiger partial charge in [-0.1, -0.05) is 44.2 Å². The van der Waals surface area contributed by atoms with Crippen LogP contribution >= 0.6 is 0 Å². The van der Waals surface area contributed by atoms with Gasteiger partial charge >= 0.3 is 12.1 Å². The Morgan fingerprint density at radius 1 is 0.971 bits per heavy atom. The van der Waals surface area contributed by atoms with Crippen molar-refractivity contribution in [3.05, 3.63) is 72.3 Å². The molecule has 35 heavy (non-hydrogen) atoms. The molecule has 0 saturated heterocycles. The van der Waals surface area contributed by atoms with Crippen LogP contribution in [0.5, 0.6) is 0 Å². The number of hydrogen-bond donors (Lipinski definition) is 3. The first-order chi connectivity index (χ1) is 16.6. The molecule has 1 amide bonds. The van der Waals surface area contributed by atoms with Crippen LogP contribution in [0, 0.1) is 5.92 Å². The van der Waals surface area contributed by atoms with Crippen molar-refractivity contribution in [3.63, 3.8) is 0 Å². The van der Waals surface area contributed by atoms with E-state index in [1.54, 1.807) is 38.1 Å². The van der Waals surface area contributed by atoms with Crippen LogP contribution in [0.4, 0.5) is 10.5 Å². The maximum atomic E-state index is 12.8. The summed E-state index contributed by atoms with van der Waals surface area (Å²) in [5.41, 5.74) is 2.15. The van der Waals surface area contributed by atoms with Gasteiger partial charge < -0.3 is 14.3 Å². The molecule has 9 nitrogen and oxygen atoms in total. The van der Waals surface area contributed by atoms with Gasteiger partial charge in [0.2, 0.25) is 10.0 Å². The number of carbonyl (C=O) groups is 2. The second-order valence-electron chi connectivity index (χ2n) is 8.34. The normalized spacial score (nSPS) is 12.7. The van der Waals surface area contributed by atoms with Gasteiger partial charge in [-0.05, 0) is 41.8 Å². The van der Waals surface area contributed by atoms with Crippen LogP contribution < -0.4 is 10.0 Å². The lowest BCUT2D eigenvalue weighted by atomic mass is 10.1. The van der Waals surface area contributed by atoms with Gasteiger partial charge in [-0.25, -0.2) is 13.2 Å². The van der Waals surface area contributed by atoms with E-state index in [0.29, 0.717) is 27.6 Å². The minimum absolute atomic E-state index is 0.112. The number of nitrogens with one attached hydrogen (secondary N) is 2. The first-order valence-corrected chi connectivity index (χ1v) is 12.3. The number of fused-ring (bicyclic) bond motifs is 3. The fourth-order valence-electron chi connectivity index (χ4n) is 3.59. The molecule has 1 atom stereocenters. The molecule has 0 saturated carbocycles. The molecule has 0 bridgehead atoms. The third kappa shape index (κ3) is 5.44. The van der Waals surface area contributed by atoms with Gasteiger partial charge in [-0.15, -0.1) is 0 Å². The number of carboxylic acid groups (broad SMARTS) is 1. The van der Waals surface area contributed by atoms with Crippen LogP contribution in [0.25, 0.3) is 21.9 Å². The number of ether oxygens (including phenoxy) is 1. The Kier molecular flexibility index (Phi) is 6.77. The lowest BCUT2D eigenvalue weighted by Crippen LogP contribution is -2.44. The summed E-state index contributed by atoms with van der Waals surface area (Å²) in [4.78, 5) is 23.5. The Labute approximate surface area is 201 Å². The number of rotatable bonds is 8. The van der Waals surface area contributed by atoms with Crippen molar-refractivity contribution < 1.29 is 32.3 Å². The summed E-state index contributed by atoms with van der Waals surface area (Å²) in [6.07, 6.45) is -0.612. The lowest BCUT2D eigenvalue weighted by molar-refractivity contribution is -0.140. The number of hydrogen-bond acceptors (Lipinski definition) is 6. The summed E-state index contributed by atoms with van der Waals surface area (Å²) >= 11 is 0. The maximum absolute atomic E-state index is 12.8. The SMILES string of the molecule is CC(C)[C@H](NS(=O)(=O)c1ccc2c(c1)oc1ccc(NC(=O)OCc3ccccc3)cc12)C(=O)O. The van der Waals surface area contributed by atoms with Gasteiger partial charge in [-0.2, -0.15) is 4.72 Å². The highest BCUT2D eigenvalue weighted by Crippen LogP contribution is 2.32. The molecule has 0 aliphatic rings. The van der Waals surface area contributed by atoms with Gasteiger partial charge in [-0.3, -0.25) is 10.1 Å². The van der Waals surface area contributed by atoms with Gasteiger partial charge in [0.05, 0.1) is 4.90 Å². The Bertz CT molecular complexity index is 1490. The molecule has 0 aliphatic heterocycles. The summed E-state index contributed by atoms with van der Waals surface area (Å²) in [5.74, 6) is -1.70. The first-order valence-electron chi connectivity index (χ1n) is 10.8. The monoisotopic (exact) mass is 496 g/mol. The highest BCUT2D eigenvalue weighted by Gasteiger charge is 2.28. The third-order valence-electron chi connectivity index (χ3n) is 5.43. The molecule has 0 aliphatic carbocycles. The van der Waals surface area contributed by atoms with Crippen LogP contribution in [0.1, 0.15) is 19.4 Å². The highest BCUT2D eigenvalue weighted by atomic mass is 32.2. The molecule has 1 heterocycles. The number of amides is 1. The number of sulfonamides is 1. The quantitative estimate of drug-likeness (QED) is 0.321. The standard InChI is InChI=1S/C25H24N2O7S/c1-15(2)23(24(28)29)27-35(31,32)18-9-10-19-20-12-17(8-11-21(20)34-22(19)13-18)26-25(30)33-14-16-6-4-3-5-7-16/h3-13,15,23,27H,14H2,1-2H3,(H,26,30)(H,28,29)/t23-/m0/s1. The van der Waals surface area contributed by atoms with E-state index >= 15 is 0 Å². The summed E-state index contributed by atoms with van der Waals surface area (Å²) in [6.45, 7) is 3.37. The number of furan rings is 1. The lowest BCUT2D eigenvalue weighted by Gasteiger charge is -2.17. The second-order valence-corrected chi connectivity index (χ2v) is 10.1. The molecule has 0 fully saturated rings. The molecule has 0 unspecified atom stereocenters. The molecule has 4 rings (SSSR count). The highest BCUT2D eigenvalue weighted by molar-refractivity contribution is 7.89. The average molecular weight is 497 g/mol. The molecular weight excluding hydrogens is 472 g/mol. The molecule has 0 radical (unpaired) electrons. The van der Waals surface area contributed by atoms with Gasteiger partial charge in [0.25, 0.3) is 0 Å². The molecule has 3 aromatic carbocycles. The van der Waals surface area contributed by atoms with Crippen molar-refractivity contribution in [2.75, 3.05) is 5.32 Å². The van der Waals surface area contributed by atoms with Crippen LogP contribution in [-0.4, -0.2) is 31.6 Å². The number of anilines is 1. The van der Waals surface area contributed by atoms with E-state index in [-0.39, 0.29) is 11.5 Å². The van der Waals surface area contributed by atoms with E-state index in [1.807, 2.05) is 30.3 Å². The Morgan fingerprint density at radius 3 is 2.40 bits per heavy atom. The maximum Gasteiger partial charge on any atom is 0.411 e. The number of carbonyl (C=O) groups excluding carboxylic acids is 1. The Hall–Kier alpha value is -3.89. The number of aliphatic carboxylic acids is 1. The zero-order valence-electron chi connectivity index (χ0n) is 19.0. The molecule has 182 valence electrons. The molecule has 3 N–H and O–H groups in total. The van der Waals surface area contributed by atoms with Gasteiger partial charge in [0.1, 0.15) is 23.8 Å². The van der Waals surface area contributed by atoms with E-state index in [2.05, 4.69) is 10.0 Å². The topological polar surface area (TPSA) is 135 Å². The van der Waals surface area contributed by atoms with Gasteiger partial charge in [0, 0.05) is 22.5 Å². The van der Waals surface area contributed by atoms with Gasteiger partial charge in [0.15, 0.2) is 0 Å². The Balaban J connectivity index is 1.55. The minimum atomic E-state index is -4.10. The number of benzene rings is 3. The largest absolute Gasteiger partial charge is 0.480 e. The van der Waals surface area contributed by atoms with Crippen molar-refractivity contribution in [2.45, 2.75) is 31.4 Å². The van der Waals surface area contributed by atoms with Crippen LogP contribution in [-0.2, 0) is 26.2 Å². The molecular formula is C25H24N2O7S. The van der Waals surface area contributed by atoms with E-state index in [1.165, 1.54) is 12.1 Å². The van der Waals surface area contributed by atoms with Crippen LogP contribution in [0.15, 0.2) is 76.0 Å². The minimum Gasteiger partial charge on any atom is -0.480 e. The first kappa shape index (κ1) is 24.2. The predicted octanol–water partition coefficient (Wildman–Crippen LogP) is 4.72. The summed E-state index contributed by atoms with van der Waals surface area (Å²) in [5, 5.41) is 13.3. The predicted molar refractivity (Wildman–Crippen MR) is 131 cm³/mol. The molecule has 0 spiro atoms. The van der Waals surface area contributed by atoms with E-state index in [9.17, 15) is 23.1 Å². The molecule has 4 aromatic rings. The smallest absolute Gasteiger partial charge is 0.411 e. The van der Waals surface area contributed by atoms with Crippen molar-refractivity contribution in [2.24, 2.45) is 5.92 Å². The zero-order valence-corrected chi connectivity index (χ0v) is 19.8. The Morgan fingerprint density at radius 2 is 1.71 bits per heavy atom. The molecule has 1 aromatic heterocycles. The zero-order chi connectivity index (χ0) is 25.2. The van der Waals surface area contributed by atoms with Crippen molar-refractivity contribution in [1.82, 2.24) is 4.72 Å². The summed E-state index contributed by atoms with van der Waals surface area (Å²) in [6, 6.07) is 17.4. The van der Waals surface area contributed by atoms with Crippen molar-refractivity contribution >= 4 is 49.7 Å². The van der Waals surface area contributed by atoms with Crippen LogP contribution in [0.3, 0.4) is 0 Å². The van der Waals surface area contributed by atoms with Crippen molar-refractivity contribution in [3.8, 4) is 0 Å². The average Bonchev–Trinajstić information content (AvgIpc) is 3.19. The van der Waals surface area contributed by atoms with Crippen molar-refractivity contribution in [1.29, 1.82) is 0 Å².